The van der Waals surface area contributed by atoms with Crippen LogP contribution in [0, 0.1) is 10.1 Å². The minimum atomic E-state index is -0.728. The second-order valence-corrected chi connectivity index (χ2v) is 4.81. The first-order valence-corrected chi connectivity index (χ1v) is 6.83. The summed E-state index contributed by atoms with van der Waals surface area (Å²) < 4.78 is 10.1. The molecular formula is C16H10N2O6. The first-order chi connectivity index (χ1) is 11.6. The molecule has 0 unspecified atom stereocenters. The zero-order valence-corrected chi connectivity index (χ0v) is 12.2. The molecule has 1 aromatic heterocycles. The summed E-state index contributed by atoms with van der Waals surface area (Å²) in [5.74, 6) is -1.27. The minimum absolute atomic E-state index is 0.0941. The van der Waals surface area contributed by atoms with Crippen LogP contribution in [0.25, 0.3) is 11.1 Å². The smallest absolute Gasteiger partial charge is 0.340 e. The number of benzene rings is 2. The van der Waals surface area contributed by atoms with Crippen molar-refractivity contribution in [2.75, 3.05) is 6.61 Å². The number of ketones is 1. The lowest BCUT2D eigenvalue weighted by atomic mass is 10.1. The van der Waals surface area contributed by atoms with Gasteiger partial charge in [0.25, 0.3) is 5.69 Å². The molecule has 3 rings (SSSR count). The van der Waals surface area contributed by atoms with Crippen molar-refractivity contribution in [2.45, 2.75) is 0 Å². The molecule has 24 heavy (non-hydrogen) atoms. The van der Waals surface area contributed by atoms with E-state index in [0.29, 0.717) is 11.1 Å². The van der Waals surface area contributed by atoms with Crippen LogP contribution in [0.4, 0.5) is 5.69 Å². The number of carbonyl (C=O) groups is 2. The van der Waals surface area contributed by atoms with Gasteiger partial charge >= 0.3 is 5.97 Å². The number of carbonyl (C=O) groups excluding carboxylic acids is 2. The average Bonchev–Trinajstić information content (AvgIpc) is 3.08. The number of para-hydroxylation sites is 1. The Morgan fingerprint density at radius 3 is 2.79 bits per heavy atom. The Morgan fingerprint density at radius 2 is 2.00 bits per heavy atom. The van der Waals surface area contributed by atoms with Crippen molar-refractivity contribution in [3.8, 4) is 0 Å². The fraction of sp³-hybridized carbons (Fsp3) is 0.0625. The number of rotatable bonds is 5. The third kappa shape index (κ3) is 2.98. The molecule has 0 radical (unpaired) electrons. The van der Waals surface area contributed by atoms with Gasteiger partial charge in [0.1, 0.15) is 5.52 Å². The maximum absolute atomic E-state index is 12.1. The standard InChI is InChI=1S/C16H10N2O6/c19-13(10-3-1-4-11(7-10)18(21)22)8-23-16(20)12-5-2-6-14-15(12)17-9-24-14/h1-7,9H,8H2. The summed E-state index contributed by atoms with van der Waals surface area (Å²) in [4.78, 5) is 38.2. The van der Waals surface area contributed by atoms with E-state index >= 15 is 0 Å². The molecule has 1 heterocycles. The molecule has 0 spiro atoms. The Kier molecular flexibility index (Phi) is 4.02. The van der Waals surface area contributed by atoms with Gasteiger partial charge < -0.3 is 9.15 Å². The molecular weight excluding hydrogens is 316 g/mol. The Morgan fingerprint density at radius 1 is 1.21 bits per heavy atom. The Hall–Kier alpha value is -3.55. The number of Topliss-reactive ketones (excluding diaryl/α,β-unsaturated/α-hetero) is 1. The maximum atomic E-state index is 12.1. The number of hydrogen-bond donors (Lipinski definition) is 0. The Labute approximate surface area is 134 Å². The van der Waals surface area contributed by atoms with Gasteiger partial charge in [0, 0.05) is 17.7 Å². The van der Waals surface area contributed by atoms with Crippen molar-refractivity contribution in [1.29, 1.82) is 0 Å². The summed E-state index contributed by atoms with van der Waals surface area (Å²) in [7, 11) is 0. The first-order valence-electron chi connectivity index (χ1n) is 6.83. The molecule has 0 aliphatic rings. The number of nitro benzene ring substituents is 1. The number of nitrogens with zero attached hydrogens (tertiary/aromatic N) is 2. The Bertz CT molecular complexity index is 946. The third-order valence-electron chi connectivity index (χ3n) is 3.29. The van der Waals surface area contributed by atoms with Crippen LogP contribution in [-0.2, 0) is 4.74 Å². The van der Waals surface area contributed by atoms with Crippen molar-refractivity contribution < 1.29 is 23.7 Å². The van der Waals surface area contributed by atoms with E-state index in [0.717, 1.165) is 6.07 Å². The number of aromatic nitrogens is 1. The normalized spacial score (nSPS) is 10.5. The van der Waals surface area contributed by atoms with Gasteiger partial charge in [0.2, 0.25) is 5.78 Å². The largest absolute Gasteiger partial charge is 0.454 e. The van der Waals surface area contributed by atoms with Crippen molar-refractivity contribution in [3.05, 3.63) is 70.1 Å². The van der Waals surface area contributed by atoms with Crippen molar-refractivity contribution in [2.24, 2.45) is 0 Å². The number of non-ortho nitro benzene ring substituents is 1. The highest BCUT2D eigenvalue weighted by Gasteiger charge is 2.17. The molecule has 0 amide bonds. The lowest BCUT2D eigenvalue weighted by Gasteiger charge is -2.05. The zero-order valence-electron chi connectivity index (χ0n) is 12.2. The van der Waals surface area contributed by atoms with Crippen molar-refractivity contribution in [1.82, 2.24) is 4.98 Å². The molecule has 2 aromatic carbocycles. The van der Waals surface area contributed by atoms with Crippen LogP contribution in [0.2, 0.25) is 0 Å². The van der Waals surface area contributed by atoms with Crippen LogP contribution < -0.4 is 0 Å². The van der Waals surface area contributed by atoms with E-state index < -0.39 is 23.3 Å². The molecule has 0 saturated heterocycles. The van der Waals surface area contributed by atoms with Gasteiger partial charge in [0.05, 0.1) is 10.5 Å². The van der Waals surface area contributed by atoms with E-state index in [9.17, 15) is 19.7 Å². The van der Waals surface area contributed by atoms with E-state index in [2.05, 4.69) is 4.98 Å². The molecule has 3 aromatic rings. The summed E-state index contributed by atoms with van der Waals surface area (Å²) >= 11 is 0. The highest BCUT2D eigenvalue weighted by Crippen LogP contribution is 2.18. The number of fused-ring (bicyclic) bond motifs is 1. The number of nitro groups is 1. The van der Waals surface area contributed by atoms with E-state index in [1.54, 1.807) is 12.1 Å². The van der Waals surface area contributed by atoms with Gasteiger partial charge in [-0.2, -0.15) is 0 Å². The quantitative estimate of drug-likeness (QED) is 0.306. The van der Waals surface area contributed by atoms with Gasteiger partial charge in [-0.3, -0.25) is 14.9 Å². The van der Waals surface area contributed by atoms with Gasteiger partial charge in [-0.15, -0.1) is 0 Å². The van der Waals surface area contributed by atoms with Crippen LogP contribution >= 0.6 is 0 Å². The fourth-order valence-corrected chi connectivity index (χ4v) is 2.14. The Balaban J connectivity index is 1.72. The predicted octanol–water partition coefficient (Wildman–Crippen LogP) is 2.78. The van der Waals surface area contributed by atoms with Crippen molar-refractivity contribution >= 4 is 28.5 Å². The first kappa shape index (κ1) is 15.3. The highest BCUT2D eigenvalue weighted by molar-refractivity contribution is 6.03. The topological polar surface area (TPSA) is 113 Å². The lowest BCUT2D eigenvalue weighted by molar-refractivity contribution is -0.384. The van der Waals surface area contributed by atoms with Crippen LogP contribution in [0.1, 0.15) is 20.7 Å². The van der Waals surface area contributed by atoms with E-state index in [1.807, 2.05) is 0 Å². The summed E-state index contributed by atoms with van der Waals surface area (Å²) in [6.45, 7) is -0.533. The third-order valence-corrected chi connectivity index (χ3v) is 3.29. The van der Waals surface area contributed by atoms with Crippen molar-refractivity contribution in [3.63, 3.8) is 0 Å². The van der Waals surface area contributed by atoms with Gasteiger partial charge in [-0.1, -0.05) is 18.2 Å². The van der Waals surface area contributed by atoms with Crippen LogP contribution in [0.3, 0.4) is 0 Å². The summed E-state index contributed by atoms with van der Waals surface area (Å²) in [5.41, 5.74) is 0.823. The predicted molar refractivity (Wildman–Crippen MR) is 81.7 cm³/mol. The summed E-state index contributed by atoms with van der Waals surface area (Å²) in [5, 5.41) is 10.7. The maximum Gasteiger partial charge on any atom is 0.340 e. The molecule has 0 bridgehead atoms. The zero-order chi connectivity index (χ0) is 17.1. The molecule has 0 fully saturated rings. The van der Waals surface area contributed by atoms with Gasteiger partial charge in [-0.05, 0) is 12.1 Å². The monoisotopic (exact) mass is 326 g/mol. The minimum Gasteiger partial charge on any atom is -0.454 e. The molecule has 0 N–H and O–H groups in total. The molecule has 8 heteroatoms. The van der Waals surface area contributed by atoms with Crippen LogP contribution in [-0.4, -0.2) is 28.3 Å². The average molecular weight is 326 g/mol. The second-order valence-electron chi connectivity index (χ2n) is 4.81. The number of ether oxygens (including phenoxy) is 1. The van der Waals surface area contributed by atoms with E-state index in [-0.39, 0.29) is 16.8 Å². The SMILES string of the molecule is O=C(COC(=O)c1cccc2ocnc12)c1cccc([N+](=O)[O-])c1. The van der Waals surface area contributed by atoms with Gasteiger partial charge in [-0.25, -0.2) is 9.78 Å². The fourth-order valence-electron chi connectivity index (χ4n) is 2.14. The molecule has 0 aliphatic carbocycles. The molecule has 0 atom stereocenters. The summed E-state index contributed by atoms with van der Waals surface area (Å²) in [6.07, 6.45) is 1.20. The second kappa shape index (κ2) is 6.29. The van der Waals surface area contributed by atoms with Crippen LogP contribution in [0.5, 0.6) is 0 Å². The molecule has 0 aliphatic heterocycles. The van der Waals surface area contributed by atoms with E-state index in [4.69, 9.17) is 9.15 Å². The highest BCUT2D eigenvalue weighted by atomic mass is 16.6. The molecule has 120 valence electrons. The number of hydrogen-bond acceptors (Lipinski definition) is 7. The molecule has 8 nitrogen and oxygen atoms in total. The van der Waals surface area contributed by atoms with E-state index in [1.165, 1.54) is 30.7 Å². The van der Waals surface area contributed by atoms with Crippen LogP contribution in [0.15, 0.2) is 53.3 Å². The van der Waals surface area contributed by atoms with Gasteiger partial charge in [0.15, 0.2) is 18.6 Å². The molecule has 0 saturated carbocycles. The lowest BCUT2D eigenvalue weighted by Crippen LogP contribution is -2.14. The summed E-state index contributed by atoms with van der Waals surface area (Å²) in [6, 6.07) is 9.97. The number of esters is 1. The number of oxazole rings is 1.